The average Bonchev–Trinajstić information content (AvgIpc) is 3.62. The molecule has 2 aliphatic carbocycles. The van der Waals surface area contributed by atoms with E-state index >= 15 is 0 Å². The zero-order valence-corrected chi connectivity index (χ0v) is 17.2. The predicted octanol–water partition coefficient (Wildman–Crippen LogP) is 3.86. The second kappa shape index (κ2) is 6.97. The molecule has 0 bridgehead atoms. The second-order valence-electron chi connectivity index (χ2n) is 8.82. The third kappa shape index (κ3) is 3.66. The van der Waals surface area contributed by atoms with Crippen LogP contribution in [0, 0.1) is 19.8 Å². The molecule has 1 atom stereocenters. The summed E-state index contributed by atoms with van der Waals surface area (Å²) in [6.45, 7) is 7.55. The van der Waals surface area contributed by atoms with E-state index in [4.69, 9.17) is 4.52 Å². The van der Waals surface area contributed by atoms with Crippen molar-refractivity contribution in [1.82, 2.24) is 25.2 Å². The van der Waals surface area contributed by atoms with Gasteiger partial charge in [-0.05, 0) is 57.6 Å². The summed E-state index contributed by atoms with van der Waals surface area (Å²) in [6.07, 6.45) is 4.46. The summed E-state index contributed by atoms with van der Waals surface area (Å²) < 4.78 is 7.53. The van der Waals surface area contributed by atoms with Crippen LogP contribution in [0.2, 0.25) is 0 Å². The molecule has 7 nitrogen and oxygen atoms in total. The third-order valence-corrected chi connectivity index (χ3v) is 5.90. The predicted molar refractivity (Wildman–Crippen MR) is 109 cm³/mol. The summed E-state index contributed by atoms with van der Waals surface area (Å²) in [5, 5.41) is 12.7. The lowest BCUT2D eigenvalue weighted by atomic mass is 10.0. The van der Waals surface area contributed by atoms with Gasteiger partial charge >= 0.3 is 0 Å². The summed E-state index contributed by atoms with van der Waals surface area (Å²) in [5.41, 5.74) is 5.19. The van der Waals surface area contributed by atoms with Crippen molar-refractivity contribution in [3.63, 3.8) is 0 Å². The molecule has 0 aliphatic heterocycles. The monoisotopic (exact) mass is 393 g/mol. The molecule has 5 rings (SSSR count). The first kappa shape index (κ1) is 18.3. The van der Waals surface area contributed by atoms with Gasteiger partial charge in [-0.2, -0.15) is 5.10 Å². The summed E-state index contributed by atoms with van der Waals surface area (Å²) in [5.74, 6) is 1.05. The number of hydrogen-bond donors (Lipinski definition) is 1. The van der Waals surface area contributed by atoms with E-state index in [0.717, 1.165) is 60.4 Å². The summed E-state index contributed by atoms with van der Waals surface area (Å²) in [7, 11) is 0. The van der Waals surface area contributed by atoms with Crippen molar-refractivity contribution in [1.29, 1.82) is 0 Å². The molecule has 2 aliphatic rings. The maximum Gasteiger partial charge on any atom is 0.259 e. The first-order chi connectivity index (χ1) is 14.0. The molecule has 29 heavy (non-hydrogen) atoms. The Morgan fingerprint density at radius 2 is 2.00 bits per heavy atom. The van der Waals surface area contributed by atoms with Gasteiger partial charge in [-0.3, -0.25) is 9.48 Å². The van der Waals surface area contributed by atoms with Gasteiger partial charge in [-0.25, -0.2) is 4.98 Å². The van der Waals surface area contributed by atoms with E-state index in [2.05, 4.69) is 40.5 Å². The van der Waals surface area contributed by atoms with Crippen LogP contribution in [-0.4, -0.2) is 32.4 Å². The number of fused-ring (bicyclic) bond motifs is 1. The Labute approximate surface area is 169 Å². The van der Waals surface area contributed by atoms with E-state index in [1.54, 1.807) is 0 Å². The lowest BCUT2D eigenvalue weighted by molar-refractivity contribution is 0.0948. The van der Waals surface area contributed by atoms with Crippen molar-refractivity contribution in [2.75, 3.05) is 6.54 Å². The standard InChI is InChI=1S/C22H27N5O2/c1-12(11-27-14(3)8-13(2)25-27)10-23-21(28)17-9-18(15-4-5-15)24-22-19(17)20(26-29-22)16-6-7-16/h8-9,12,15-16H,4-7,10-11H2,1-3H3,(H,23,28). The van der Waals surface area contributed by atoms with Crippen molar-refractivity contribution < 1.29 is 9.32 Å². The van der Waals surface area contributed by atoms with E-state index < -0.39 is 0 Å². The molecule has 1 amide bonds. The van der Waals surface area contributed by atoms with E-state index in [-0.39, 0.29) is 11.8 Å². The molecule has 0 radical (unpaired) electrons. The van der Waals surface area contributed by atoms with Crippen LogP contribution in [0.25, 0.3) is 11.1 Å². The maximum atomic E-state index is 13.1. The van der Waals surface area contributed by atoms with Crippen molar-refractivity contribution in [2.45, 2.75) is 64.8 Å². The highest BCUT2D eigenvalue weighted by Gasteiger charge is 2.34. The molecular formula is C22H27N5O2. The normalized spacial score (nSPS) is 17.6. The van der Waals surface area contributed by atoms with Crippen LogP contribution in [0.3, 0.4) is 0 Å². The van der Waals surface area contributed by atoms with E-state index in [0.29, 0.717) is 29.7 Å². The first-order valence-electron chi connectivity index (χ1n) is 10.6. The Kier molecular flexibility index (Phi) is 4.41. The van der Waals surface area contributed by atoms with Gasteiger partial charge in [0.05, 0.1) is 22.3 Å². The van der Waals surface area contributed by atoms with Crippen molar-refractivity contribution >= 4 is 17.0 Å². The second-order valence-corrected chi connectivity index (χ2v) is 8.82. The van der Waals surface area contributed by atoms with Gasteiger partial charge in [-0.15, -0.1) is 0 Å². The molecule has 0 saturated heterocycles. The molecule has 1 unspecified atom stereocenters. The summed E-state index contributed by atoms with van der Waals surface area (Å²) in [4.78, 5) is 17.8. The number of hydrogen-bond acceptors (Lipinski definition) is 5. The molecule has 3 aromatic heterocycles. The Morgan fingerprint density at radius 3 is 2.66 bits per heavy atom. The molecular weight excluding hydrogens is 366 g/mol. The molecule has 2 saturated carbocycles. The number of nitrogens with one attached hydrogen (secondary N) is 1. The molecule has 0 aromatic carbocycles. The lowest BCUT2D eigenvalue weighted by Gasteiger charge is -2.14. The fourth-order valence-corrected chi connectivity index (χ4v) is 3.98. The first-order valence-corrected chi connectivity index (χ1v) is 10.6. The quantitative estimate of drug-likeness (QED) is 0.659. The minimum atomic E-state index is -0.0652. The smallest absolute Gasteiger partial charge is 0.259 e. The highest BCUT2D eigenvalue weighted by molar-refractivity contribution is 6.06. The van der Waals surface area contributed by atoms with E-state index in [1.165, 1.54) is 0 Å². The van der Waals surface area contributed by atoms with Crippen LogP contribution < -0.4 is 5.32 Å². The number of carbonyl (C=O) groups excluding carboxylic acids is 1. The number of carbonyl (C=O) groups is 1. The third-order valence-electron chi connectivity index (χ3n) is 5.90. The number of aryl methyl sites for hydroxylation is 2. The number of nitrogens with zero attached hydrogens (tertiary/aromatic N) is 4. The fourth-order valence-electron chi connectivity index (χ4n) is 3.98. The summed E-state index contributed by atoms with van der Waals surface area (Å²) >= 11 is 0. The Bertz CT molecular complexity index is 1070. The maximum absolute atomic E-state index is 13.1. The Balaban J connectivity index is 1.35. The molecule has 3 heterocycles. The van der Waals surface area contributed by atoms with Gasteiger partial charge in [0, 0.05) is 36.3 Å². The number of aromatic nitrogens is 4. The molecule has 1 N–H and O–H groups in total. The number of rotatable bonds is 7. The molecule has 0 spiro atoms. The van der Waals surface area contributed by atoms with Crippen molar-refractivity contribution in [2.24, 2.45) is 5.92 Å². The average molecular weight is 393 g/mol. The van der Waals surface area contributed by atoms with Gasteiger partial charge in [-0.1, -0.05) is 12.1 Å². The fraction of sp³-hybridized carbons (Fsp3) is 0.545. The number of amides is 1. The van der Waals surface area contributed by atoms with Crippen molar-refractivity contribution in [3.05, 3.63) is 40.5 Å². The zero-order chi connectivity index (χ0) is 20.1. The van der Waals surface area contributed by atoms with E-state index in [1.807, 2.05) is 17.7 Å². The molecule has 3 aromatic rings. The largest absolute Gasteiger partial charge is 0.352 e. The van der Waals surface area contributed by atoms with Crippen molar-refractivity contribution in [3.8, 4) is 0 Å². The highest BCUT2D eigenvalue weighted by Crippen LogP contribution is 2.45. The molecule has 152 valence electrons. The number of pyridine rings is 1. The minimum Gasteiger partial charge on any atom is -0.352 e. The van der Waals surface area contributed by atoms with Crippen LogP contribution in [-0.2, 0) is 6.54 Å². The SMILES string of the molecule is Cc1cc(C)n(CC(C)CNC(=O)c2cc(C3CC3)nc3onc(C4CC4)c23)n1. The van der Waals surface area contributed by atoms with Gasteiger partial charge in [0.15, 0.2) is 0 Å². The van der Waals surface area contributed by atoms with Gasteiger partial charge < -0.3 is 9.84 Å². The topological polar surface area (TPSA) is 85.8 Å². The van der Waals surface area contributed by atoms with Crippen LogP contribution in [0.5, 0.6) is 0 Å². The Morgan fingerprint density at radius 1 is 1.24 bits per heavy atom. The summed E-state index contributed by atoms with van der Waals surface area (Å²) in [6, 6.07) is 4.04. The van der Waals surface area contributed by atoms with Crippen LogP contribution in [0.4, 0.5) is 0 Å². The van der Waals surface area contributed by atoms with Gasteiger partial charge in [0.25, 0.3) is 11.6 Å². The molecule has 2 fully saturated rings. The minimum absolute atomic E-state index is 0.0652. The Hall–Kier alpha value is -2.70. The zero-order valence-electron chi connectivity index (χ0n) is 17.2. The lowest BCUT2D eigenvalue weighted by Crippen LogP contribution is -2.30. The highest BCUT2D eigenvalue weighted by atomic mass is 16.5. The molecule has 7 heteroatoms. The van der Waals surface area contributed by atoms with Crippen LogP contribution >= 0.6 is 0 Å². The van der Waals surface area contributed by atoms with E-state index in [9.17, 15) is 4.79 Å². The van der Waals surface area contributed by atoms with Gasteiger partial charge in [0.1, 0.15) is 0 Å². The van der Waals surface area contributed by atoms with Gasteiger partial charge in [0.2, 0.25) is 0 Å². The van der Waals surface area contributed by atoms with Crippen LogP contribution in [0.15, 0.2) is 16.7 Å². The van der Waals surface area contributed by atoms with Crippen LogP contribution in [0.1, 0.15) is 77.6 Å².